The zero-order chi connectivity index (χ0) is 27.9. The minimum absolute atomic E-state index is 0. The summed E-state index contributed by atoms with van der Waals surface area (Å²) < 4.78 is 73.0. The van der Waals surface area contributed by atoms with Crippen molar-refractivity contribution in [2.45, 2.75) is 44.2 Å². The largest absolute Gasteiger partial charge is 1.00 e. The van der Waals surface area contributed by atoms with Crippen LogP contribution in [-0.2, 0) is 16.8 Å². The van der Waals surface area contributed by atoms with Gasteiger partial charge in [-0.3, -0.25) is 4.79 Å². The van der Waals surface area contributed by atoms with E-state index in [1.54, 1.807) is 19.3 Å². The van der Waals surface area contributed by atoms with Gasteiger partial charge in [-0.05, 0) is 36.3 Å². The number of halogens is 6. The number of hydrogen-bond acceptors (Lipinski definition) is 1. The van der Waals surface area contributed by atoms with Crippen LogP contribution in [0.25, 0.3) is 0 Å². The number of carbonyl (C=O) groups excluding carboxylic acids is 1. The predicted octanol–water partition coefficient (Wildman–Crippen LogP) is 2.64. The highest BCUT2D eigenvalue weighted by atomic mass is 79.9. The SMILES string of the molecule is Cc1n([C@H]2CC[C@@H](C(C(N)=O)(c3ccccc3)c3ccccc3)C2)cc[n+]1Cc1c(F)c(F)c(F)c(F)c1F.[Br-]. The molecule has 1 aliphatic carbocycles. The number of primary amides is 1. The number of carbonyl (C=O) groups is 1. The van der Waals surface area contributed by atoms with Crippen LogP contribution < -0.4 is 27.3 Å². The number of rotatable bonds is 7. The molecular formula is C30H27BrF5N3O. The maximum absolute atomic E-state index is 14.3. The summed E-state index contributed by atoms with van der Waals surface area (Å²) in [6.45, 7) is 1.19. The molecule has 0 unspecified atom stereocenters. The summed E-state index contributed by atoms with van der Waals surface area (Å²) >= 11 is 0. The summed E-state index contributed by atoms with van der Waals surface area (Å²) in [5.41, 5.74) is 5.82. The number of benzene rings is 3. The summed E-state index contributed by atoms with van der Waals surface area (Å²) in [5, 5.41) is 0. The molecule has 2 N–H and O–H groups in total. The minimum Gasteiger partial charge on any atom is -1.00 e. The molecule has 3 aromatic carbocycles. The quantitative estimate of drug-likeness (QED) is 0.147. The molecule has 210 valence electrons. The number of hydrogen-bond donors (Lipinski definition) is 1. The second kappa shape index (κ2) is 11.5. The highest BCUT2D eigenvalue weighted by Crippen LogP contribution is 2.50. The van der Waals surface area contributed by atoms with E-state index in [-0.39, 0.29) is 28.9 Å². The first kappa shape index (κ1) is 29.5. The van der Waals surface area contributed by atoms with Gasteiger partial charge in [-0.2, -0.15) is 0 Å². The van der Waals surface area contributed by atoms with E-state index in [4.69, 9.17) is 5.73 Å². The first-order valence-corrected chi connectivity index (χ1v) is 12.7. The van der Waals surface area contributed by atoms with Crippen molar-refractivity contribution in [2.75, 3.05) is 0 Å². The Balaban J connectivity index is 0.00000370. The van der Waals surface area contributed by atoms with Crippen LogP contribution in [0.3, 0.4) is 0 Å². The lowest BCUT2D eigenvalue weighted by atomic mass is 9.64. The van der Waals surface area contributed by atoms with E-state index in [1.807, 2.05) is 65.2 Å². The van der Waals surface area contributed by atoms with Crippen molar-refractivity contribution in [3.63, 3.8) is 0 Å². The van der Waals surface area contributed by atoms with Crippen molar-refractivity contribution in [1.29, 1.82) is 0 Å². The van der Waals surface area contributed by atoms with Crippen LogP contribution >= 0.6 is 0 Å². The standard InChI is InChI=1S/C30H26F5N3O.BrH/c1-18-37(17-23-24(31)26(33)28(35)27(34)25(23)32)14-15-38(18)22-13-12-21(16-22)30(29(36)39,19-8-4-2-5-9-19)20-10-6-3-7-11-20;/h2-11,14-15,21-22H,12-13,16-17H2,1H3,(H-,36,39);1H/t21-,22+;/m1./s1. The molecule has 2 atom stereocenters. The van der Waals surface area contributed by atoms with Crippen molar-refractivity contribution in [2.24, 2.45) is 11.7 Å². The highest BCUT2D eigenvalue weighted by molar-refractivity contribution is 5.91. The molecule has 1 fully saturated rings. The molecule has 0 radical (unpaired) electrons. The van der Waals surface area contributed by atoms with Crippen molar-refractivity contribution in [3.8, 4) is 0 Å². The topological polar surface area (TPSA) is 51.9 Å². The molecule has 1 aliphatic rings. The van der Waals surface area contributed by atoms with Gasteiger partial charge in [0.15, 0.2) is 23.3 Å². The van der Waals surface area contributed by atoms with Crippen LogP contribution in [-0.4, -0.2) is 10.5 Å². The monoisotopic (exact) mass is 619 g/mol. The van der Waals surface area contributed by atoms with Gasteiger partial charge in [0.25, 0.3) is 5.82 Å². The Morgan fingerprint density at radius 1 is 0.875 bits per heavy atom. The van der Waals surface area contributed by atoms with E-state index in [0.717, 1.165) is 11.1 Å². The van der Waals surface area contributed by atoms with Gasteiger partial charge in [-0.1, -0.05) is 60.7 Å². The van der Waals surface area contributed by atoms with Gasteiger partial charge < -0.3 is 22.7 Å². The van der Waals surface area contributed by atoms with Crippen molar-refractivity contribution in [3.05, 3.63) is 125 Å². The van der Waals surface area contributed by atoms with Crippen LogP contribution in [0.4, 0.5) is 22.0 Å². The van der Waals surface area contributed by atoms with Crippen LogP contribution in [0.1, 0.15) is 47.8 Å². The Morgan fingerprint density at radius 3 is 1.88 bits per heavy atom. The van der Waals surface area contributed by atoms with E-state index >= 15 is 0 Å². The number of aromatic nitrogens is 2. The fourth-order valence-electron chi connectivity index (χ4n) is 6.16. The van der Waals surface area contributed by atoms with E-state index in [2.05, 4.69) is 0 Å². The van der Waals surface area contributed by atoms with Crippen molar-refractivity contribution in [1.82, 2.24) is 4.57 Å². The van der Waals surface area contributed by atoms with Crippen LogP contribution in [0, 0.1) is 41.9 Å². The summed E-state index contributed by atoms with van der Waals surface area (Å²) in [7, 11) is 0. The summed E-state index contributed by atoms with van der Waals surface area (Å²) in [6, 6.07) is 18.8. The Bertz CT molecular complexity index is 1460. The number of amides is 1. The Kier molecular flexibility index (Phi) is 8.49. The van der Waals surface area contributed by atoms with E-state index in [1.165, 1.54) is 4.57 Å². The van der Waals surface area contributed by atoms with E-state index in [0.29, 0.717) is 25.1 Å². The molecule has 10 heteroatoms. The Morgan fingerprint density at radius 2 is 1.38 bits per heavy atom. The maximum Gasteiger partial charge on any atom is 0.253 e. The lowest BCUT2D eigenvalue weighted by molar-refractivity contribution is -0.694. The van der Waals surface area contributed by atoms with Crippen molar-refractivity contribution < 1.29 is 48.3 Å². The van der Waals surface area contributed by atoms with Gasteiger partial charge in [0, 0.05) is 6.92 Å². The lowest BCUT2D eigenvalue weighted by Gasteiger charge is -2.37. The van der Waals surface area contributed by atoms with Gasteiger partial charge in [-0.15, -0.1) is 0 Å². The Labute approximate surface area is 239 Å². The van der Waals surface area contributed by atoms with E-state index < -0.39 is 52.5 Å². The third-order valence-corrected chi connectivity index (χ3v) is 8.08. The fraction of sp³-hybridized carbons (Fsp3) is 0.267. The molecule has 40 heavy (non-hydrogen) atoms. The first-order chi connectivity index (χ1) is 18.7. The fourth-order valence-corrected chi connectivity index (χ4v) is 6.16. The second-order valence-corrected chi connectivity index (χ2v) is 10.00. The van der Waals surface area contributed by atoms with Gasteiger partial charge in [0.1, 0.15) is 30.4 Å². The molecule has 1 aromatic heterocycles. The van der Waals surface area contributed by atoms with Crippen LogP contribution in [0.5, 0.6) is 0 Å². The van der Waals surface area contributed by atoms with Crippen LogP contribution in [0.2, 0.25) is 0 Å². The minimum atomic E-state index is -2.18. The summed E-state index contributed by atoms with van der Waals surface area (Å²) in [4.78, 5) is 13.3. The highest BCUT2D eigenvalue weighted by Gasteiger charge is 2.51. The molecule has 1 saturated carbocycles. The second-order valence-electron chi connectivity index (χ2n) is 10.00. The third-order valence-electron chi connectivity index (χ3n) is 8.08. The molecule has 4 nitrogen and oxygen atoms in total. The number of nitrogens with two attached hydrogens (primary N) is 1. The molecule has 0 aliphatic heterocycles. The average Bonchev–Trinajstić information content (AvgIpc) is 3.57. The van der Waals surface area contributed by atoms with Crippen molar-refractivity contribution >= 4 is 5.91 Å². The van der Waals surface area contributed by atoms with Gasteiger partial charge >= 0.3 is 0 Å². The molecule has 1 heterocycles. The molecule has 0 saturated heterocycles. The number of nitrogens with zero attached hydrogens (tertiary/aromatic N) is 2. The Hall–Kier alpha value is -3.53. The zero-order valence-electron chi connectivity index (χ0n) is 21.6. The summed E-state index contributed by atoms with van der Waals surface area (Å²) in [6.07, 6.45) is 5.26. The molecule has 0 bridgehead atoms. The number of imidazole rings is 1. The molecule has 0 spiro atoms. The lowest BCUT2D eigenvalue weighted by Crippen LogP contribution is -3.00. The zero-order valence-corrected chi connectivity index (χ0v) is 23.1. The molecule has 1 amide bonds. The van der Waals surface area contributed by atoms with E-state index in [9.17, 15) is 26.7 Å². The third kappa shape index (κ3) is 4.72. The smallest absolute Gasteiger partial charge is 0.253 e. The predicted molar refractivity (Wildman–Crippen MR) is 134 cm³/mol. The first-order valence-electron chi connectivity index (χ1n) is 12.7. The van der Waals surface area contributed by atoms with Gasteiger partial charge in [0.2, 0.25) is 11.7 Å². The average molecular weight is 620 g/mol. The van der Waals surface area contributed by atoms with Crippen LogP contribution in [0.15, 0.2) is 73.1 Å². The molecular weight excluding hydrogens is 593 g/mol. The molecule has 5 rings (SSSR count). The normalized spacial score (nSPS) is 17.1. The van der Waals surface area contributed by atoms with Gasteiger partial charge in [0.05, 0.1) is 5.56 Å². The maximum atomic E-state index is 14.3. The van der Waals surface area contributed by atoms with Gasteiger partial charge in [-0.25, -0.2) is 31.1 Å². The summed E-state index contributed by atoms with van der Waals surface area (Å²) in [5.74, 6) is -9.82. The molecule has 4 aromatic rings.